The van der Waals surface area contributed by atoms with E-state index in [1.54, 1.807) is 24.3 Å². The fraction of sp³-hybridized carbons (Fsp3) is 0.600. The molecule has 120 valence electrons. The Bertz CT molecular complexity index is 537. The van der Waals surface area contributed by atoms with E-state index in [9.17, 15) is 8.42 Å². The van der Waals surface area contributed by atoms with Gasteiger partial charge in [-0.25, -0.2) is 13.1 Å². The lowest BCUT2D eigenvalue weighted by Gasteiger charge is -2.25. The van der Waals surface area contributed by atoms with E-state index in [1.165, 1.54) is 0 Å². The molecule has 0 fully saturated rings. The normalized spacial score (nSPS) is 15.4. The first kappa shape index (κ1) is 18.1. The van der Waals surface area contributed by atoms with Gasteiger partial charge in [0.25, 0.3) is 0 Å². The van der Waals surface area contributed by atoms with Crippen LogP contribution in [-0.4, -0.2) is 40.0 Å². The molecule has 0 aliphatic rings. The van der Waals surface area contributed by atoms with Crippen molar-refractivity contribution in [2.24, 2.45) is 11.7 Å². The van der Waals surface area contributed by atoms with Gasteiger partial charge in [-0.2, -0.15) is 0 Å². The molecule has 6 heteroatoms. The molecule has 0 aliphatic heterocycles. The predicted octanol–water partition coefficient (Wildman–Crippen LogP) is 1.57. The summed E-state index contributed by atoms with van der Waals surface area (Å²) < 4.78 is 27.7. The van der Waals surface area contributed by atoms with Crippen molar-refractivity contribution in [2.75, 3.05) is 20.6 Å². The van der Waals surface area contributed by atoms with E-state index in [0.29, 0.717) is 6.54 Å². The topological polar surface area (TPSA) is 75.4 Å². The molecule has 2 atom stereocenters. The minimum absolute atomic E-state index is 0.105. The number of hydrogen-bond acceptors (Lipinski definition) is 4. The van der Waals surface area contributed by atoms with Crippen molar-refractivity contribution in [3.63, 3.8) is 0 Å². The summed E-state index contributed by atoms with van der Waals surface area (Å²) in [5, 5.41) is 0. The molecule has 1 aromatic rings. The van der Waals surface area contributed by atoms with E-state index in [0.717, 1.165) is 5.56 Å². The quantitative estimate of drug-likeness (QED) is 0.801. The van der Waals surface area contributed by atoms with Crippen LogP contribution in [0.5, 0.6) is 0 Å². The minimum Gasteiger partial charge on any atom is -0.324 e. The number of benzene rings is 1. The van der Waals surface area contributed by atoms with Crippen LogP contribution in [0.1, 0.15) is 32.4 Å². The third kappa shape index (κ3) is 5.39. The lowest BCUT2D eigenvalue weighted by atomic mass is 10.1. The molecule has 0 saturated heterocycles. The molecule has 5 nitrogen and oxygen atoms in total. The molecule has 1 aromatic carbocycles. The number of nitrogens with two attached hydrogens (primary N) is 1. The predicted molar refractivity (Wildman–Crippen MR) is 86.5 cm³/mol. The second kappa shape index (κ2) is 7.35. The van der Waals surface area contributed by atoms with E-state index in [2.05, 4.69) is 4.72 Å². The summed E-state index contributed by atoms with van der Waals surface area (Å²) in [6.07, 6.45) is 0. The molecule has 0 heterocycles. The van der Waals surface area contributed by atoms with Crippen molar-refractivity contribution < 1.29 is 8.42 Å². The summed E-state index contributed by atoms with van der Waals surface area (Å²) in [6.45, 7) is 6.55. The Morgan fingerprint density at radius 2 is 1.67 bits per heavy atom. The van der Waals surface area contributed by atoms with Crippen molar-refractivity contribution in [3.05, 3.63) is 29.8 Å². The zero-order chi connectivity index (χ0) is 16.2. The Morgan fingerprint density at radius 3 is 2.05 bits per heavy atom. The van der Waals surface area contributed by atoms with Gasteiger partial charge in [-0.3, -0.25) is 0 Å². The largest absolute Gasteiger partial charge is 0.324 e. The van der Waals surface area contributed by atoms with Crippen molar-refractivity contribution in [1.82, 2.24) is 9.62 Å². The maximum atomic E-state index is 12.4. The minimum atomic E-state index is -3.51. The molecule has 0 radical (unpaired) electrons. The number of nitrogens with zero attached hydrogens (tertiary/aromatic N) is 1. The molecular formula is C15H27N3O2S. The lowest BCUT2D eigenvalue weighted by Crippen LogP contribution is -2.44. The zero-order valence-corrected chi connectivity index (χ0v) is 14.3. The fourth-order valence-electron chi connectivity index (χ4n) is 2.00. The Morgan fingerprint density at radius 1 is 1.14 bits per heavy atom. The summed E-state index contributed by atoms with van der Waals surface area (Å²) in [7, 11) is 0.353. The molecule has 3 N–H and O–H groups in total. The van der Waals surface area contributed by atoms with Gasteiger partial charge in [0.2, 0.25) is 10.0 Å². The molecule has 0 aromatic heterocycles. The second-order valence-corrected chi connectivity index (χ2v) is 7.81. The van der Waals surface area contributed by atoms with Gasteiger partial charge in [0.05, 0.1) is 4.90 Å². The fourth-order valence-corrected chi connectivity index (χ4v) is 3.37. The number of likely N-dealkylation sites (N-methyl/N-ethyl adjacent to an activating group) is 1. The van der Waals surface area contributed by atoms with Crippen LogP contribution < -0.4 is 10.5 Å². The van der Waals surface area contributed by atoms with Crippen LogP contribution in [-0.2, 0) is 10.0 Å². The van der Waals surface area contributed by atoms with Crippen molar-refractivity contribution >= 4 is 10.0 Å². The first-order chi connectivity index (χ1) is 9.63. The molecular weight excluding hydrogens is 286 g/mol. The summed E-state index contributed by atoms with van der Waals surface area (Å²) in [5.74, 6) is 0.213. The van der Waals surface area contributed by atoms with E-state index in [-0.39, 0.29) is 22.9 Å². The Kier molecular flexibility index (Phi) is 6.34. The first-order valence-electron chi connectivity index (χ1n) is 7.16. The highest BCUT2D eigenvalue weighted by molar-refractivity contribution is 7.89. The van der Waals surface area contributed by atoms with Gasteiger partial charge in [-0.05, 0) is 44.6 Å². The zero-order valence-electron chi connectivity index (χ0n) is 13.5. The van der Waals surface area contributed by atoms with Gasteiger partial charge < -0.3 is 10.6 Å². The molecule has 0 amide bonds. The summed E-state index contributed by atoms with van der Waals surface area (Å²) >= 11 is 0. The van der Waals surface area contributed by atoms with Crippen LogP contribution in [0.25, 0.3) is 0 Å². The molecule has 0 bridgehead atoms. The van der Waals surface area contributed by atoms with Crippen LogP contribution in [0, 0.1) is 5.92 Å². The Labute approximate surface area is 128 Å². The summed E-state index contributed by atoms with van der Waals surface area (Å²) in [5.41, 5.74) is 6.70. The van der Waals surface area contributed by atoms with Crippen LogP contribution in [0.15, 0.2) is 29.2 Å². The van der Waals surface area contributed by atoms with E-state index in [4.69, 9.17) is 5.73 Å². The van der Waals surface area contributed by atoms with Crippen LogP contribution in [0.4, 0.5) is 0 Å². The third-order valence-electron chi connectivity index (χ3n) is 3.39. The van der Waals surface area contributed by atoms with Gasteiger partial charge in [-0.1, -0.05) is 26.0 Å². The van der Waals surface area contributed by atoms with Gasteiger partial charge in [0, 0.05) is 18.6 Å². The molecule has 1 rings (SSSR count). The maximum Gasteiger partial charge on any atom is 0.240 e. The van der Waals surface area contributed by atoms with Crippen molar-refractivity contribution in [2.45, 2.75) is 37.8 Å². The van der Waals surface area contributed by atoms with Gasteiger partial charge in [-0.15, -0.1) is 0 Å². The summed E-state index contributed by atoms with van der Waals surface area (Å²) in [4.78, 5) is 2.25. The van der Waals surface area contributed by atoms with Gasteiger partial charge >= 0.3 is 0 Å². The highest BCUT2D eigenvalue weighted by Gasteiger charge is 2.23. The number of rotatable bonds is 7. The van der Waals surface area contributed by atoms with Gasteiger partial charge in [0.1, 0.15) is 0 Å². The smallest absolute Gasteiger partial charge is 0.240 e. The number of nitrogens with one attached hydrogen (secondary N) is 1. The lowest BCUT2D eigenvalue weighted by molar-refractivity contribution is 0.314. The van der Waals surface area contributed by atoms with Crippen LogP contribution in [0.2, 0.25) is 0 Å². The third-order valence-corrected chi connectivity index (χ3v) is 4.90. The van der Waals surface area contributed by atoms with Crippen LogP contribution in [0.3, 0.4) is 0 Å². The first-order valence-corrected chi connectivity index (χ1v) is 8.64. The Balaban J connectivity index is 2.93. The maximum absolute atomic E-state index is 12.4. The Hall–Kier alpha value is -0.950. The average molecular weight is 313 g/mol. The van der Waals surface area contributed by atoms with E-state index >= 15 is 0 Å². The van der Waals surface area contributed by atoms with Crippen LogP contribution >= 0.6 is 0 Å². The monoisotopic (exact) mass is 313 g/mol. The average Bonchev–Trinajstić information content (AvgIpc) is 2.37. The highest BCUT2D eigenvalue weighted by Crippen LogP contribution is 2.16. The van der Waals surface area contributed by atoms with Gasteiger partial charge in [0.15, 0.2) is 0 Å². The molecule has 0 spiro atoms. The number of hydrogen-bond donors (Lipinski definition) is 2. The van der Waals surface area contributed by atoms with Crippen molar-refractivity contribution in [3.8, 4) is 0 Å². The second-order valence-electron chi connectivity index (χ2n) is 6.09. The molecule has 0 aliphatic carbocycles. The molecule has 2 unspecified atom stereocenters. The highest BCUT2D eigenvalue weighted by atomic mass is 32.2. The standard InChI is InChI=1S/C15H27N3O2S/c1-11(2)15(10-18(4)5)17-21(19,20)14-8-6-13(7-9-14)12(3)16/h6-9,11-12,15,17H,10,16H2,1-5H3. The molecule has 0 saturated carbocycles. The van der Waals surface area contributed by atoms with E-state index < -0.39 is 10.0 Å². The number of sulfonamides is 1. The molecule has 21 heavy (non-hydrogen) atoms. The van der Waals surface area contributed by atoms with Crippen molar-refractivity contribution in [1.29, 1.82) is 0 Å². The van der Waals surface area contributed by atoms with E-state index in [1.807, 2.05) is 39.8 Å². The summed E-state index contributed by atoms with van der Waals surface area (Å²) in [6, 6.07) is 6.50. The SMILES string of the molecule is CC(N)c1ccc(S(=O)(=O)NC(CN(C)C)C(C)C)cc1.